The van der Waals surface area contributed by atoms with Gasteiger partial charge in [-0.2, -0.15) is 5.10 Å². The second-order valence-corrected chi connectivity index (χ2v) is 11.1. The van der Waals surface area contributed by atoms with Gasteiger partial charge < -0.3 is 9.47 Å². The fraction of sp³-hybridized carbons (Fsp3) is 0.333. The molecule has 0 saturated heterocycles. The molecule has 5 heteroatoms. The Morgan fingerprint density at radius 1 is 0.921 bits per heavy atom. The van der Waals surface area contributed by atoms with Gasteiger partial charge in [-0.1, -0.05) is 69.3 Å². The average Bonchev–Trinajstić information content (AvgIpc) is 3.33. The number of benzene rings is 3. The van der Waals surface area contributed by atoms with Gasteiger partial charge in [-0.3, -0.25) is 4.79 Å². The summed E-state index contributed by atoms with van der Waals surface area (Å²) < 4.78 is 11.4. The summed E-state index contributed by atoms with van der Waals surface area (Å²) in [7, 11) is 3.37. The molecule has 1 fully saturated rings. The molecular weight excluding hydrogens is 472 g/mol. The number of ether oxygens (including phenoxy) is 2. The number of amides is 1. The van der Waals surface area contributed by atoms with Crippen molar-refractivity contribution in [3.63, 3.8) is 0 Å². The molecule has 1 amide bonds. The lowest BCUT2D eigenvalue weighted by Crippen LogP contribution is -2.32. The number of carbonyl (C=O) groups is 1. The minimum atomic E-state index is -0.239. The van der Waals surface area contributed by atoms with Crippen molar-refractivity contribution in [2.24, 2.45) is 11.0 Å². The smallest absolute Gasteiger partial charge is 0.274 e. The van der Waals surface area contributed by atoms with Gasteiger partial charge in [-0.25, -0.2) is 5.01 Å². The van der Waals surface area contributed by atoms with E-state index in [4.69, 9.17) is 14.6 Å². The number of para-hydroxylation sites is 2. The van der Waals surface area contributed by atoms with Crippen molar-refractivity contribution in [1.82, 2.24) is 5.01 Å². The first-order valence-electron chi connectivity index (χ1n) is 13.3. The number of nitrogens with zero attached hydrogens (tertiary/aromatic N) is 2. The third-order valence-electron chi connectivity index (χ3n) is 7.63. The Morgan fingerprint density at radius 3 is 2.26 bits per heavy atom. The van der Waals surface area contributed by atoms with Gasteiger partial charge in [0.25, 0.3) is 5.91 Å². The molecule has 38 heavy (non-hydrogen) atoms. The van der Waals surface area contributed by atoms with E-state index >= 15 is 0 Å². The maximum absolute atomic E-state index is 14.0. The Labute approximate surface area is 225 Å². The second kappa shape index (κ2) is 10.5. The number of hydrazone groups is 1. The minimum absolute atomic E-state index is 0.0164. The number of fused-ring (bicyclic) bond motifs is 1. The van der Waals surface area contributed by atoms with Crippen molar-refractivity contribution in [3.05, 3.63) is 101 Å². The van der Waals surface area contributed by atoms with Crippen LogP contribution in [0.2, 0.25) is 0 Å². The Bertz CT molecular complexity index is 1380. The van der Waals surface area contributed by atoms with Gasteiger partial charge in [0.1, 0.15) is 11.5 Å². The van der Waals surface area contributed by atoms with E-state index in [-0.39, 0.29) is 23.3 Å². The van der Waals surface area contributed by atoms with Crippen LogP contribution in [-0.4, -0.2) is 30.8 Å². The summed E-state index contributed by atoms with van der Waals surface area (Å²) in [5.74, 6) is 1.59. The Hall–Kier alpha value is -3.86. The fourth-order valence-corrected chi connectivity index (χ4v) is 5.61. The Balaban J connectivity index is 1.59. The molecule has 196 valence electrons. The third kappa shape index (κ3) is 4.85. The van der Waals surface area contributed by atoms with E-state index in [1.165, 1.54) is 5.56 Å². The fourth-order valence-electron chi connectivity index (χ4n) is 5.61. The third-order valence-corrected chi connectivity index (χ3v) is 7.63. The molecule has 0 radical (unpaired) electrons. The average molecular weight is 509 g/mol. The van der Waals surface area contributed by atoms with Crippen molar-refractivity contribution >= 4 is 17.7 Å². The summed E-state index contributed by atoms with van der Waals surface area (Å²) in [6.07, 6.45) is 5.07. The number of rotatable bonds is 5. The van der Waals surface area contributed by atoms with Crippen LogP contribution in [0.25, 0.3) is 6.08 Å². The van der Waals surface area contributed by atoms with Gasteiger partial charge in [0.05, 0.1) is 26.0 Å². The van der Waals surface area contributed by atoms with Crippen LogP contribution in [0.5, 0.6) is 11.5 Å². The van der Waals surface area contributed by atoms with E-state index in [9.17, 15) is 4.79 Å². The van der Waals surface area contributed by atoms with Gasteiger partial charge in [-0.05, 0) is 66.2 Å². The molecule has 3 aromatic rings. The summed E-state index contributed by atoms with van der Waals surface area (Å²) in [6, 6.07) is 23.7. The van der Waals surface area contributed by atoms with Crippen LogP contribution in [-0.2, 0) is 5.41 Å². The van der Waals surface area contributed by atoms with Crippen molar-refractivity contribution in [3.8, 4) is 11.5 Å². The lowest BCUT2D eigenvalue weighted by molar-refractivity contribution is 0.0678. The predicted molar refractivity (Wildman–Crippen MR) is 153 cm³/mol. The molecule has 2 atom stereocenters. The lowest BCUT2D eigenvalue weighted by Gasteiger charge is -2.30. The molecule has 1 aliphatic carbocycles. The van der Waals surface area contributed by atoms with Crippen molar-refractivity contribution in [2.75, 3.05) is 14.2 Å². The molecule has 0 spiro atoms. The highest BCUT2D eigenvalue weighted by molar-refractivity contribution is 6.09. The number of carbonyl (C=O) groups excluding carboxylic acids is 1. The number of hydrogen-bond acceptors (Lipinski definition) is 4. The molecule has 2 aliphatic rings. The maximum atomic E-state index is 14.0. The molecule has 0 N–H and O–H groups in total. The van der Waals surface area contributed by atoms with Crippen molar-refractivity contribution in [1.29, 1.82) is 0 Å². The van der Waals surface area contributed by atoms with Gasteiger partial charge in [0.15, 0.2) is 0 Å². The van der Waals surface area contributed by atoms with Crippen LogP contribution in [0.4, 0.5) is 0 Å². The summed E-state index contributed by atoms with van der Waals surface area (Å²) in [5.41, 5.74) is 5.99. The molecule has 1 saturated carbocycles. The van der Waals surface area contributed by atoms with E-state index in [2.05, 4.69) is 51.1 Å². The van der Waals surface area contributed by atoms with Gasteiger partial charge in [0, 0.05) is 22.6 Å². The van der Waals surface area contributed by atoms with Crippen LogP contribution in [0.15, 0.2) is 83.5 Å². The van der Waals surface area contributed by atoms with Crippen LogP contribution in [0.1, 0.15) is 73.1 Å². The van der Waals surface area contributed by atoms with Crippen LogP contribution < -0.4 is 9.47 Å². The minimum Gasteiger partial charge on any atom is -0.496 e. The summed E-state index contributed by atoms with van der Waals surface area (Å²) in [4.78, 5) is 14.0. The van der Waals surface area contributed by atoms with Crippen LogP contribution in [0.3, 0.4) is 0 Å². The zero-order valence-corrected chi connectivity index (χ0v) is 22.9. The molecular formula is C33H36N2O3. The molecule has 1 heterocycles. The molecule has 5 nitrogen and oxygen atoms in total. The zero-order valence-electron chi connectivity index (χ0n) is 22.9. The summed E-state index contributed by atoms with van der Waals surface area (Å²) in [5, 5.41) is 6.76. The van der Waals surface area contributed by atoms with Gasteiger partial charge in [-0.15, -0.1) is 0 Å². The Morgan fingerprint density at radius 2 is 1.58 bits per heavy atom. The highest BCUT2D eigenvalue weighted by Gasteiger charge is 2.45. The van der Waals surface area contributed by atoms with E-state index in [1.807, 2.05) is 48.5 Å². The van der Waals surface area contributed by atoms with E-state index in [1.54, 1.807) is 19.2 Å². The Kier molecular flexibility index (Phi) is 7.11. The zero-order chi connectivity index (χ0) is 26.9. The number of hydrogen-bond donors (Lipinski definition) is 0. The number of allylic oxidation sites excluding steroid dienone is 1. The second-order valence-electron chi connectivity index (χ2n) is 11.1. The van der Waals surface area contributed by atoms with Crippen LogP contribution >= 0.6 is 0 Å². The van der Waals surface area contributed by atoms with Crippen molar-refractivity contribution in [2.45, 2.75) is 51.5 Å². The molecule has 0 bridgehead atoms. The van der Waals surface area contributed by atoms with E-state index in [0.29, 0.717) is 5.56 Å². The van der Waals surface area contributed by atoms with Gasteiger partial charge >= 0.3 is 0 Å². The van der Waals surface area contributed by atoms with Gasteiger partial charge in [0.2, 0.25) is 0 Å². The molecule has 5 rings (SSSR count). The van der Waals surface area contributed by atoms with Crippen LogP contribution in [0, 0.1) is 5.92 Å². The quantitative estimate of drug-likeness (QED) is 0.360. The highest BCUT2D eigenvalue weighted by Crippen LogP contribution is 2.47. The normalized spacial score (nSPS) is 20.2. The maximum Gasteiger partial charge on any atom is 0.274 e. The first-order chi connectivity index (χ1) is 18.3. The molecule has 3 aromatic carbocycles. The number of methoxy groups -OCH3 is 2. The summed E-state index contributed by atoms with van der Waals surface area (Å²) in [6.45, 7) is 6.52. The van der Waals surface area contributed by atoms with E-state index < -0.39 is 0 Å². The summed E-state index contributed by atoms with van der Waals surface area (Å²) >= 11 is 0. The molecule has 0 unspecified atom stereocenters. The predicted octanol–water partition coefficient (Wildman–Crippen LogP) is 7.44. The molecule has 1 aliphatic heterocycles. The monoisotopic (exact) mass is 508 g/mol. The lowest BCUT2D eigenvalue weighted by atomic mass is 9.77. The first kappa shape index (κ1) is 25.8. The van der Waals surface area contributed by atoms with Crippen molar-refractivity contribution < 1.29 is 14.3 Å². The standard InChI is InChI=1S/C33H36N2O3/c1-33(2,3)25-19-17-22(18-20-25)32(36)35-31(26-13-7-9-16-29(26)38-5)27-14-10-12-24(30(27)34-35)21-23-11-6-8-15-28(23)37-4/h6-9,11,13,15-21,27,31H,10,12,14H2,1-5H3/b24-21+/t27-,31-/m0/s1. The largest absolute Gasteiger partial charge is 0.496 e. The highest BCUT2D eigenvalue weighted by atomic mass is 16.5. The molecule has 0 aromatic heterocycles. The van der Waals surface area contributed by atoms with E-state index in [0.717, 1.165) is 53.2 Å². The topological polar surface area (TPSA) is 51.1 Å². The SMILES string of the molecule is COc1ccccc1/C=C1\CCC[C@H]2C1=NN(C(=O)c1ccc(C(C)(C)C)cc1)[C@H]2c1ccccc1OC. The first-order valence-corrected chi connectivity index (χ1v) is 13.3.